The second kappa shape index (κ2) is 4.75. The van der Waals surface area contributed by atoms with Crippen molar-refractivity contribution in [3.05, 3.63) is 35.5 Å². The number of para-hydroxylation sites is 1. The fourth-order valence-electron chi connectivity index (χ4n) is 3.13. The van der Waals surface area contributed by atoms with Gasteiger partial charge < -0.3 is 10.3 Å². The zero-order chi connectivity index (χ0) is 12.5. The van der Waals surface area contributed by atoms with Gasteiger partial charge >= 0.3 is 0 Å². The average Bonchev–Trinajstić information content (AvgIpc) is 2.99. The third-order valence-corrected chi connectivity index (χ3v) is 4.12. The molecule has 1 aromatic heterocycles. The number of nitrogens with zero attached hydrogens (tertiary/aromatic N) is 2. The van der Waals surface area contributed by atoms with E-state index in [0.717, 1.165) is 6.54 Å². The van der Waals surface area contributed by atoms with Crippen LogP contribution in [0.2, 0.25) is 0 Å². The summed E-state index contributed by atoms with van der Waals surface area (Å²) in [6, 6.07) is 8.63. The predicted octanol–water partition coefficient (Wildman–Crippen LogP) is 2.23. The summed E-state index contributed by atoms with van der Waals surface area (Å²) in [5, 5.41) is 1.37. The van der Waals surface area contributed by atoms with Gasteiger partial charge in [0.05, 0.1) is 0 Å². The molecule has 0 atom stereocenters. The Kier molecular flexibility index (Phi) is 3.10. The molecule has 0 spiro atoms. The maximum Gasteiger partial charge on any atom is 0.0483 e. The molecular formula is C15H21N3. The zero-order valence-electron chi connectivity index (χ0n) is 11.0. The molecule has 1 fully saturated rings. The second-order valence-corrected chi connectivity index (χ2v) is 5.19. The lowest BCUT2D eigenvalue weighted by Crippen LogP contribution is -2.20. The van der Waals surface area contributed by atoms with Gasteiger partial charge in [0.2, 0.25) is 0 Å². The minimum atomic E-state index is 0.619. The van der Waals surface area contributed by atoms with Crippen molar-refractivity contribution < 1.29 is 0 Å². The first-order valence-corrected chi connectivity index (χ1v) is 6.79. The maximum absolute atomic E-state index is 5.95. The van der Waals surface area contributed by atoms with Crippen LogP contribution in [0.15, 0.2) is 24.3 Å². The summed E-state index contributed by atoms with van der Waals surface area (Å²) < 4.78 is 2.25. The third kappa shape index (κ3) is 1.84. The van der Waals surface area contributed by atoms with Gasteiger partial charge in [-0.3, -0.25) is 4.90 Å². The molecule has 0 amide bonds. The van der Waals surface area contributed by atoms with E-state index >= 15 is 0 Å². The van der Waals surface area contributed by atoms with E-state index in [2.05, 4.69) is 40.8 Å². The minimum Gasteiger partial charge on any atom is -0.346 e. The highest BCUT2D eigenvalue weighted by Crippen LogP contribution is 2.27. The zero-order valence-corrected chi connectivity index (χ0v) is 11.0. The monoisotopic (exact) mass is 243 g/mol. The quantitative estimate of drug-likeness (QED) is 0.897. The third-order valence-electron chi connectivity index (χ3n) is 4.12. The van der Waals surface area contributed by atoms with Crippen molar-refractivity contribution in [1.29, 1.82) is 0 Å². The number of aromatic nitrogens is 1. The first kappa shape index (κ1) is 11.8. The highest BCUT2D eigenvalue weighted by atomic mass is 15.1. The van der Waals surface area contributed by atoms with E-state index in [1.807, 2.05) is 0 Å². The van der Waals surface area contributed by atoms with Gasteiger partial charge in [-0.05, 0) is 37.6 Å². The Bertz CT molecular complexity index is 550. The summed E-state index contributed by atoms with van der Waals surface area (Å²) in [5.41, 5.74) is 9.96. The van der Waals surface area contributed by atoms with Crippen LogP contribution in [0.25, 0.3) is 10.9 Å². The van der Waals surface area contributed by atoms with Crippen LogP contribution in [-0.2, 0) is 20.1 Å². The fraction of sp³-hybridized carbons (Fsp3) is 0.467. The van der Waals surface area contributed by atoms with E-state index in [4.69, 9.17) is 5.73 Å². The Morgan fingerprint density at radius 2 is 1.89 bits per heavy atom. The largest absolute Gasteiger partial charge is 0.346 e. The van der Waals surface area contributed by atoms with Crippen LogP contribution in [0.3, 0.4) is 0 Å². The first-order chi connectivity index (χ1) is 8.81. The van der Waals surface area contributed by atoms with E-state index in [-0.39, 0.29) is 0 Å². The van der Waals surface area contributed by atoms with Crippen molar-refractivity contribution in [2.75, 3.05) is 13.1 Å². The molecule has 1 aromatic carbocycles. The maximum atomic E-state index is 5.95. The number of aryl methyl sites for hydroxylation is 1. The molecule has 2 heterocycles. The minimum absolute atomic E-state index is 0.619. The predicted molar refractivity (Wildman–Crippen MR) is 75.3 cm³/mol. The Morgan fingerprint density at radius 1 is 1.17 bits per heavy atom. The molecule has 3 rings (SSSR count). The van der Waals surface area contributed by atoms with Gasteiger partial charge in [-0.25, -0.2) is 0 Å². The summed E-state index contributed by atoms with van der Waals surface area (Å²) in [6.07, 6.45) is 2.67. The van der Waals surface area contributed by atoms with E-state index in [9.17, 15) is 0 Å². The van der Waals surface area contributed by atoms with Gasteiger partial charge in [0, 0.05) is 36.7 Å². The van der Waals surface area contributed by atoms with Crippen molar-refractivity contribution in [3.8, 4) is 0 Å². The van der Waals surface area contributed by atoms with Crippen molar-refractivity contribution in [2.45, 2.75) is 25.9 Å². The molecule has 1 saturated heterocycles. The number of hydrogen-bond donors (Lipinski definition) is 1. The molecule has 2 aromatic rings. The summed E-state index contributed by atoms with van der Waals surface area (Å²) in [5.74, 6) is 0. The molecule has 0 saturated carbocycles. The fourth-order valence-corrected chi connectivity index (χ4v) is 3.13. The number of likely N-dealkylation sites (tertiary alicyclic amines) is 1. The number of rotatable bonds is 3. The Labute approximate surface area is 108 Å². The van der Waals surface area contributed by atoms with E-state index in [1.165, 1.54) is 48.1 Å². The normalized spacial score (nSPS) is 16.8. The van der Waals surface area contributed by atoms with Crippen molar-refractivity contribution >= 4 is 10.9 Å². The van der Waals surface area contributed by atoms with Gasteiger partial charge in [-0.1, -0.05) is 18.2 Å². The first-order valence-electron chi connectivity index (χ1n) is 6.79. The molecule has 96 valence electrons. The van der Waals surface area contributed by atoms with E-state index in [0.29, 0.717) is 6.54 Å². The standard InChI is InChI=1S/C15H21N3/c1-17-14-7-3-2-6-12(14)13(15(17)10-16)11-18-8-4-5-9-18/h2-3,6-7H,4-5,8-11,16H2,1H3. The smallest absolute Gasteiger partial charge is 0.0483 e. The molecule has 1 aliphatic rings. The summed E-state index contributed by atoms with van der Waals surface area (Å²) >= 11 is 0. The molecule has 3 nitrogen and oxygen atoms in total. The van der Waals surface area contributed by atoms with Crippen LogP contribution in [-0.4, -0.2) is 22.6 Å². The van der Waals surface area contributed by atoms with Crippen LogP contribution in [0.4, 0.5) is 0 Å². The number of hydrogen-bond acceptors (Lipinski definition) is 2. The van der Waals surface area contributed by atoms with Crippen molar-refractivity contribution in [2.24, 2.45) is 12.8 Å². The molecule has 0 radical (unpaired) electrons. The lowest BCUT2D eigenvalue weighted by molar-refractivity contribution is 0.331. The van der Waals surface area contributed by atoms with Gasteiger partial charge in [0.1, 0.15) is 0 Å². The van der Waals surface area contributed by atoms with Gasteiger partial charge in [-0.15, -0.1) is 0 Å². The van der Waals surface area contributed by atoms with Crippen LogP contribution in [0.1, 0.15) is 24.1 Å². The van der Waals surface area contributed by atoms with Crippen LogP contribution >= 0.6 is 0 Å². The molecular weight excluding hydrogens is 222 g/mol. The summed E-state index contributed by atoms with van der Waals surface area (Å²) in [4.78, 5) is 2.54. The van der Waals surface area contributed by atoms with Crippen LogP contribution < -0.4 is 5.73 Å². The average molecular weight is 243 g/mol. The van der Waals surface area contributed by atoms with Gasteiger partial charge in [0.15, 0.2) is 0 Å². The molecule has 1 aliphatic heterocycles. The topological polar surface area (TPSA) is 34.2 Å². The summed E-state index contributed by atoms with van der Waals surface area (Å²) in [7, 11) is 2.12. The molecule has 18 heavy (non-hydrogen) atoms. The molecule has 0 bridgehead atoms. The Balaban J connectivity index is 2.07. The van der Waals surface area contributed by atoms with Crippen molar-refractivity contribution in [3.63, 3.8) is 0 Å². The van der Waals surface area contributed by atoms with Crippen molar-refractivity contribution in [1.82, 2.24) is 9.47 Å². The van der Waals surface area contributed by atoms with Gasteiger partial charge in [-0.2, -0.15) is 0 Å². The molecule has 2 N–H and O–H groups in total. The SMILES string of the molecule is Cn1c(CN)c(CN2CCCC2)c2ccccc21. The molecule has 3 heteroatoms. The summed E-state index contributed by atoms with van der Waals surface area (Å²) in [6.45, 7) is 4.13. The van der Waals surface area contributed by atoms with Crippen LogP contribution in [0.5, 0.6) is 0 Å². The highest BCUT2D eigenvalue weighted by molar-refractivity contribution is 5.85. The highest BCUT2D eigenvalue weighted by Gasteiger charge is 2.18. The van der Waals surface area contributed by atoms with Gasteiger partial charge in [0.25, 0.3) is 0 Å². The second-order valence-electron chi connectivity index (χ2n) is 5.19. The molecule has 0 unspecified atom stereocenters. The number of fused-ring (bicyclic) bond motifs is 1. The lowest BCUT2D eigenvalue weighted by Gasteiger charge is -2.15. The Hall–Kier alpha value is -1.32. The Morgan fingerprint density at radius 3 is 2.61 bits per heavy atom. The van der Waals surface area contributed by atoms with Crippen LogP contribution in [0, 0.1) is 0 Å². The van der Waals surface area contributed by atoms with E-state index in [1.54, 1.807) is 0 Å². The number of benzene rings is 1. The molecule has 0 aliphatic carbocycles. The van der Waals surface area contributed by atoms with E-state index < -0.39 is 0 Å². The lowest BCUT2D eigenvalue weighted by atomic mass is 10.1. The number of nitrogens with two attached hydrogens (primary N) is 1.